The van der Waals surface area contributed by atoms with Gasteiger partial charge in [-0.3, -0.25) is 4.68 Å². The molecular formula is C16H21BrFN3. The van der Waals surface area contributed by atoms with Gasteiger partial charge >= 0.3 is 0 Å². The summed E-state index contributed by atoms with van der Waals surface area (Å²) >= 11 is 3.61. The fourth-order valence-corrected chi connectivity index (χ4v) is 3.00. The number of halogens is 2. The molecule has 1 unspecified atom stereocenters. The van der Waals surface area contributed by atoms with Crippen molar-refractivity contribution in [2.75, 3.05) is 6.54 Å². The van der Waals surface area contributed by atoms with Crippen LogP contribution in [0.1, 0.15) is 36.8 Å². The highest BCUT2D eigenvalue weighted by atomic mass is 79.9. The Hall–Kier alpha value is -1.20. The van der Waals surface area contributed by atoms with Crippen LogP contribution in [0.2, 0.25) is 0 Å². The van der Waals surface area contributed by atoms with Gasteiger partial charge in [-0.1, -0.05) is 25.1 Å². The van der Waals surface area contributed by atoms with Gasteiger partial charge in [0.25, 0.3) is 0 Å². The third-order valence-electron chi connectivity index (χ3n) is 3.58. The highest BCUT2D eigenvalue weighted by Gasteiger charge is 2.20. The smallest absolute Gasteiger partial charge is 0.127 e. The maximum absolute atomic E-state index is 14.1. The van der Waals surface area contributed by atoms with E-state index in [2.05, 4.69) is 33.3 Å². The first-order chi connectivity index (χ1) is 10.1. The molecule has 3 nitrogen and oxygen atoms in total. The first-order valence-electron chi connectivity index (χ1n) is 7.28. The van der Waals surface area contributed by atoms with Gasteiger partial charge in [0.2, 0.25) is 0 Å². The molecule has 0 aliphatic carbocycles. The lowest BCUT2D eigenvalue weighted by molar-refractivity contribution is 0.489. The molecule has 5 heteroatoms. The summed E-state index contributed by atoms with van der Waals surface area (Å²) < 4.78 is 17.1. The first kappa shape index (κ1) is 16.2. The predicted octanol–water partition coefficient (Wildman–Crippen LogP) is 4.01. The van der Waals surface area contributed by atoms with E-state index in [4.69, 9.17) is 0 Å². The number of benzene rings is 1. The summed E-state index contributed by atoms with van der Waals surface area (Å²) in [6.45, 7) is 7.66. The molecule has 0 aliphatic heterocycles. The van der Waals surface area contributed by atoms with E-state index in [0.717, 1.165) is 29.0 Å². The summed E-state index contributed by atoms with van der Waals surface area (Å²) in [4.78, 5) is 0. The van der Waals surface area contributed by atoms with Crippen molar-refractivity contribution in [1.82, 2.24) is 15.1 Å². The summed E-state index contributed by atoms with van der Waals surface area (Å²) in [5, 5.41) is 7.88. The molecule has 1 heterocycles. The van der Waals surface area contributed by atoms with Gasteiger partial charge in [0.05, 0.1) is 15.9 Å². The fourth-order valence-electron chi connectivity index (χ4n) is 2.55. The minimum Gasteiger partial charge on any atom is -0.310 e. The Kier molecular flexibility index (Phi) is 5.53. The second-order valence-electron chi connectivity index (χ2n) is 5.00. The molecule has 0 amide bonds. The summed E-state index contributed by atoms with van der Waals surface area (Å²) in [6, 6.07) is 6.89. The van der Waals surface area contributed by atoms with Crippen LogP contribution in [0.25, 0.3) is 0 Å². The van der Waals surface area contributed by atoms with Crippen LogP contribution in [-0.4, -0.2) is 16.3 Å². The predicted molar refractivity (Wildman–Crippen MR) is 86.9 cm³/mol. The van der Waals surface area contributed by atoms with Crippen LogP contribution < -0.4 is 5.32 Å². The van der Waals surface area contributed by atoms with Crippen molar-refractivity contribution >= 4 is 15.9 Å². The van der Waals surface area contributed by atoms with Crippen LogP contribution >= 0.6 is 15.9 Å². The average Bonchev–Trinajstić information content (AvgIpc) is 2.75. The molecule has 114 valence electrons. The fraction of sp³-hybridized carbons (Fsp3) is 0.438. The minimum absolute atomic E-state index is 0.0612. The van der Waals surface area contributed by atoms with Gasteiger partial charge in [-0.15, -0.1) is 0 Å². The normalized spacial score (nSPS) is 12.6. The quantitative estimate of drug-likeness (QED) is 0.850. The monoisotopic (exact) mass is 353 g/mol. The van der Waals surface area contributed by atoms with Crippen LogP contribution in [0.3, 0.4) is 0 Å². The Balaban J connectivity index is 2.35. The number of aromatic nitrogens is 2. The van der Waals surface area contributed by atoms with Gasteiger partial charge in [-0.25, -0.2) is 4.39 Å². The molecular weight excluding hydrogens is 333 g/mol. The highest BCUT2D eigenvalue weighted by molar-refractivity contribution is 9.10. The molecule has 1 N–H and O–H groups in total. The Morgan fingerprint density at radius 3 is 2.67 bits per heavy atom. The lowest BCUT2D eigenvalue weighted by atomic mass is 10.0. The Morgan fingerprint density at radius 2 is 2.05 bits per heavy atom. The third-order valence-corrected chi connectivity index (χ3v) is 4.61. The van der Waals surface area contributed by atoms with Gasteiger partial charge < -0.3 is 5.32 Å². The van der Waals surface area contributed by atoms with E-state index in [1.165, 1.54) is 6.07 Å². The largest absolute Gasteiger partial charge is 0.310 e. The van der Waals surface area contributed by atoms with E-state index in [1.807, 2.05) is 30.7 Å². The second-order valence-corrected chi connectivity index (χ2v) is 5.79. The van der Waals surface area contributed by atoms with Gasteiger partial charge in [0, 0.05) is 24.6 Å². The molecule has 1 aromatic heterocycles. The average molecular weight is 354 g/mol. The van der Waals surface area contributed by atoms with Crippen LogP contribution in [-0.2, 0) is 13.0 Å². The number of nitrogens with one attached hydrogen (secondary N) is 1. The van der Waals surface area contributed by atoms with E-state index in [9.17, 15) is 4.39 Å². The number of hydrogen-bond donors (Lipinski definition) is 1. The molecule has 0 spiro atoms. The topological polar surface area (TPSA) is 29.9 Å². The van der Waals surface area contributed by atoms with Gasteiger partial charge in [0.1, 0.15) is 5.82 Å². The zero-order valence-corrected chi connectivity index (χ0v) is 14.2. The molecule has 21 heavy (non-hydrogen) atoms. The van der Waals surface area contributed by atoms with Gasteiger partial charge in [-0.05, 0) is 42.4 Å². The molecule has 2 aromatic rings. The van der Waals surface area contributed by atoms with Gasteiger partial charge in [-0.2, -0.15) is 5.10 Å². The number of likely N-dealkylation sites (N-methyl/N-ethyl adjacent to an activating group) is 1. The Morgan fingerprint density at radius 1 is 1.33 bits per heavy atom. The molecule has 0 saturated carbocycles. The van der Waals surface area contributed by atoms with Crippen LogP contribution in [0.15, 0.2) is 28.7 Å². The maximum Gasteiger partial charge on any atom is 0.127 e. The molecule has 1 atom stereocenters. The molecule has 1 aromatic carbocycles. The summed E-state index contributed by atoms with van der Waals surface area (Å²) in [5.74, 6) is -0.168. The van der Waals surface area contributed by atoms with Crippen molar-refractivity contribution in [3.8, 4) is 0 Å². The zero-order chi connectivity index (χ0) is 15.4. The number of nitrogens with zero attached hydrogens (tertiary/aromatic N) is 2. The standard InChI is InChI=1S/C16H21BrFN3/c1-4-19-14(12-8-6-7-9-13(12)18)10-15-16(17)11(3)20-21(15)5-2/h6-9,14,19H,4-5,10H2,1-3H3. The lowest BCUT2D eigenvalue weighted by Crippen LogP contribution is -2.25. The summed E-state index contributed by atoms with van der Waals surface area (Å²) in [5.41, 5.74) is 2.77. The molecule has 0 aliphatic rings. The van der Waals surface area contributed by atoms with E-state index in [-0.39, 0.29) is 11.9 Å². The lowest BCUT2D eigenvalue weighted by Gasteiger charge is -2.20. The molecule has 2 rings (SSSR count). The Bertz CT molecular complexity index is 610. The van der Waals surface area contributed by atoms with Crippen molar-refractivity contribution < 1.29 is 4.39 Å². The summed E-state index contributed by atoms with van der Waals surface area (Å²) in [6.07, 6.45) is 0.698. The van der Waals surface area contributed by atoms with E-state index >= 15 is 0 Å². The number of hydrogen-bond acceptors (Lipinski definition) is 2. The SMILES string of the molecule is CCNC(Cc1c(Br)c(C)nn1CC)c1ccccc1F. The first-order valence-corrected chi connectivity index (χ1v) is 8.07. The molecule has 0 fully saturated rings. The second kappa shape index (κ2) is 7.18. The third kappa shape index (κ3) is 3.52. The van der Waals surface area contributed by atoms with Gasteiger partial charge in [0.15, 0.2) is 0 Å². The summed E-state index contributed by atoms with van der Waals surface area (Å²) in [7, 11) is 0. The van der Waals surface area contributed by atoms with Crippen molar-refractivity contribution in [2.45, 2.75) is 39.8 Å². The number of rotatable bonds is 6. The van der Waals surface area contributed by atoms with Crippen molar-refractivity contribution in [3.05, 3.63) is 51.5 Å². The van der Waals surface area contributed by atoms with E-state index in [1.54, 1.807) is 6.07 Å². The Labute approximate surface area is 133 Å². The minimum atomic E-state index is -0.168. The molecule has 0 bridgehead atoms. The number of aryl methyl sites for hydroxylation is 2. The highest BCUT2D eigenvalue weighted by Crippen LogP contribution is 2.27. The molecule has 0 radical (unpaired) electrons. The van der Waals surface area contributed by atoms with Crippen LogP contribution in [0.4, 0.5) is 4.39 Å². The zero-order valence-electron chi connectivity index (χ0n) is 12.7. The van der Waals surface area contributed by atoms with Crippen LogP contribution in [0, 0.1) is 12.7 Å². The van der Waals surface area contributed by atoms with Crippen molar-refractivity contribution in [2.24, 2.45) is 0 Å². The van der Waals surface area contributed by atoms with Crippen molar-refractivity contribution in [3.63, 3.8) is 0 Å². The van der Waals surface area contributed by atoms with Crippen molar-refractivity contribution in [1.29, 1.82) is 0 Å². The van der Waals surface area contributed by atoms with Crippen LogP contribution in [0.5, 0.6) is 0 Å². The van der Waals surface area contributed by atoms with E-state index in [0.29, 0.717) is 12.0 Å². The maximum atomic E-state index is 14.1. The molecule has 0 saturated heterocycles. The van der Waals surface area contributed by atoms with E-state index < -0.39 is 0 Å².